The minimum atomic E-state index is -0.962. The maximum atomic E-state index is 10.8. The lowest BCUT2D eigenvalue weighted by Gasteiger charge is -2.08. The lowest BCUT2D eigenvalue weighted by atomic mass is 10.2. The number of ether oxygens (including phenoxy) is 1. The molecule has 0 amide bonds. The van der Waals surface area contributed by atoms with Gasteiger partial charge in [-0.05, 0) is 66.2 Å². The van der Waals surface area contributed by atoms with Crippen LogP contribution < -0.4 is 10.2 Å². The van der Waals surface area contributed by atoms with E-state index in [2.05, 4.69) is 10.5 Å². The lowest BCUT2D eigenvalue weighted by molar-refractivity contribution is 0.0697. The van der Waals surface area contributed by atoms with Crippen molar-refractivity contribution in [1.29, 1.82) is 0 Å². The van der Waals surface area contributed by atoms with Crippen LogP contribution >= 0.6 is 23.2 Å². The number of benzene rings is 3. The molecule has 142 valence electrons. The van der Waals surface area contributed by atoms with Crippen LogP contribution in [0.3, 0.4) is 0 Å². The first-order chi connectivity index (χ1) is 13.5. The molecule has 7 heteroatoms. The van der Waals surface area contributed by atoms with Crippen LogP contribution in [0, 0.1) is 0 Å². The van der Waals surface area contributed by atoms with Crippen LogP contribution in [0.5, 0.6) is 5.75 Å². The molecule has 0 saturated carbocycles. The zero-order valence-electron chi connectivity index (χ0n) is 14.6. The fourth-order valence-electron chi connectivity index (χ4n) is 2.32. The van der Waals surface area contributed by atoms with Crippen molar-refractivity contribution in [2.75, 3.05) is 5.43 Å². The fraction of sp³-hybridized carbons (Fsp3) is 0.0476. The van der Waals surface area contributed by atoms with Gasteiger partial charge in [0.25, 0.3) is 0 Å². The smallest absolute Gasteiger partial charge is 0.335 e. The molecule has 3 aromatic rings. The normalized spacial score (nSPS) is 10.8. The van der Waals surface area contributed by atoms with Crippen molar-refractivity contribution in [2.45, 2.75) is 6.61 Å². The summed E-state index contributed by atoms with van der Waals surface area (Å²) in [6, 6.07) is 19.0. The summed E-state index contributed by atoms with van der Waals surface area (Å²) < 4.78 is 5.74. The summed E-state index contributed by atoms with van der Waals surface area (Å²) in [5.74, 6) is -0.254. The Bertz CT molecular complexity index is 988. The van der Waals surface area contributed by atoms with Gasteiger partial charge in [-0.2, -0.15) is 5.10 Å². The summed E-state index contributed by atoms with van der Waals surface area (Å²) in [5, 5.41) is 14.2. The second-order valence-corrected chi connectivity index (χ2v) is 6.69. The van der Waals surface area contributed by atoms with E-state index in [0.29, 0.717) is 28.1 Å². The Morgan fingerprint density at radius 3 is 2.39 bits per heavy atom. The monoisotopic (exact) mass is 414 g/mol. The van der Waals surface area contributed by atoms with Crippen LogP contribution in [-0.2, 0) is 6.61 Å². The predicted octanol–water partition coefficient (Wildman–Crippen LogP) is 5.72. The second-order valence-electron chi connectivity index (χ2n) is 5.85. The van der Waals surface area contributed by atoms with E-state index >= 15 is 0 Å². The number of nitrogens with zero attached hydrogens (tertiary/aromatic N) is 1. The minimum absolute atomic E-state index is 0.227. The van der Waals surface area contributed by atoms with E-state index in [1.54, 1.807) is 30.5 Å². The van der Waals surface area contributed by atoms with Gasteiger partial charge in [0.1, 0.15) is 12.4 Å². The van der Waals surface area contributed by atoms with Gasteiger partial charge < -0.3 is 9.84 Å². The van der Waals surface area contributed by atoms with Gasteiger partial charge in [0.05, 0.1) is 17.5 Å². The van der Waals surface area contributed by atoms with E-state index in [1.807, 2.05) is 30.3 Å². The molecule has 3 rings (SSSR count). The Hall–Kier alpha value is -3.02. The summed E-state index contributed by atoms with van der Waals surface area (Å²) in [4.78, 5) is 10.8. The molecule has 0 aromatic heterocycles. The van der Waals surface area contributed by atoms with E-state index in [1.165, 1.54) is 12.1 Å². The first-order valence-corrected chi connectivity index (χ1v) is 9.06. The predicted molar refractivity (Wildman–Crippen MR) is 112 cm³/mol. The molecular weight excluding hydrogens is 399 g/mol. The van der Waals surface area contributed by atoms with Crippen LogP contribution in [0.15, 0.2) is 71.8 Å². The average Bonchev–Trinajstić information content (AvgIpc) is 2.69. The Labute approximate surface area is 172 Å². The van der Waals surface area contributed by atoms with E-state index in [0.717, 1.165) is 11.1 Å². The molecule has 5 nitrogen and oxygen atoms in total. The van der Waals surface area contributed by atoms with Crippen LogP contribution in [0.4, 0.5) is 5.69 Å². The lowest BCUT2D eigenvalue weighted by Crippen LogP contribution is -1.97. The molecule has 2 N–H and O–H groups in total. The molecule has 0 fully saturated rings. The van der Waals surface area contributed by atoms with Crippen LogP contribution in [0.2, 0.25) is 10.0 Å². The number of anilines is 1. The van der Waals surface area contributed by atoms with E-state index in [4.69, 9.17) is 33.0 Å². The summed E-state index contributed by atoms with van der Waals surface area (Å²) in [5.41, 5.74) is 5.51. The number of halogens is 2. The highest BCUT2D eigenvalue weighted by molar-refractivity contribution is 6.35. The number of hydrogen-bond acceptors (Lipinski definition) is 4. The number of carboxylic acids is 1. The van der Waals surface area contributed by atoms with Crippen molar-refractivity contribution in [3.05, 3.63) is 93.5 Å². The number of carbonyl (C=O) groups is 1. The first kappa shape index (κ1) is 19.7. The van der Waals surface area contributed by atoms with Crippen molar-refractivity contribution in [3.63, 3.8) is 0 Å². The number of rotatable bonds is 7. The second kappa shape index (κ2) is 9.26. The van der Waals surface area contributed by atoms with E-state index < -0.39 is 5.97 Å². The quantitative estimate of drug-likeness (QED) is 0.383. The molecule has 0 atom stereocenters. The number of carboxylic acid groups (broad SMARTS) is 1. The minimum Gasteiger partial charge on any atom is -0.489 e. The number of hydrogen-bond donors (Lipinski definition) is 2. The third-order valence-electron chi connectivity index (χ3n) is 3.83. The SMILES string of the molecule is O=C(O)c1ccc(N/N=C/c2ccc(OCc3ccc(Cl)cc3Cl)cc2)cc1. The Morgan fingerprint density at radius 1 is 1.04 bits per heavy atom. The molecule has 3 aromatic carbocycles. The molecule has 0 unspecified atom stereocenters. The Morgan fingerprint density at radius 2 is 1.75 bits per heavy atom. The largest absolute Gasteiger partial charge is 0.489 e. The molecule has 0 bridgehead atoms. The Kier molecular flexibility index (Phi) is 6.53. The van der Waals surface area contributed by atoms with Gasteiger partial charge in [-0.25, -0.2) is 4.79 Å². The number of aromatic carboxylic acids is 1. The van der Waals surface area contributed by atoms with Gasteiger partial charge in [-0.15, -0.1) is 0 Å². The standard InChI is InChI=1S/C21H16Cl2N2O3/c22-17-6-3-16(20(23)11-17)13-28-19-9-1-14(2-10-19)12-24-25-18-7-4-15(5-8-18)21(26)27/h1-12,25H,13H2,(H,26,27)/b24-12+. The fourth-order valence-corrected chi connectivity index (χ4v) is 2.78. The van der Waals surface area contributed by atoms with Crippen molar-refractivity contribution in [2.24, 2.45) is 5.10 Å². The van der Waals surface area contributed by atoms with Gasteiger partial charge in [0, 0.05) is 15.6 Å². The Balaban J connectivity index is 1.53. The summed E-state index contributed by atoms with van der Waals surface area (Å²) >= 11 is 12.0. The third kappa shape index (κ3) is 5.49. The van der Waals surface area contributed by atoms with Crippen molar-refractivity contribution < 1.29 is 14.6 Å². The average molecular weight is 415 g/mol. The maximum Gasteiger partial charge on any atom is 0.335 e. The molecule has 0 spiro atoms. The highest BCUT2D eigenvalue weighted by atomic mass is 35.5. The zero-order chi connectivity index (χ0) is 19.9. The van der Waals surface area contributed by atoms with Gasteiger partial charge in [0.2, 0.25) is 0 Å². The summed E-state index contributed by atoms with van der Waals surface area (Å²) in [6.07, 6.45) is 1.66. The maximum absolute atomic E-state index is 10.8. The summed E-state index contributed by atoms with van der Waals surface area (Å²) in [6.45, 7) is 0.345. The number of nitrogens with one attached hydrogen (secondary N) is 1. The molecule has 0 aliphatic heterocycles. The van der Waals surface area contributed by atoms with E-state index in [-0.39, 0.29) is 5.56 Å². The van der Waals surface area contributed by atoms with E-state index in [9.17, 15) is 4.79 Å². The summed E-state index contributed by atoms with van der Waals surface area (Å²) in [7, 11) is 0. The molecular formula is C21H16Cl2N2O3. The highest BCUT2D eigenvalue weighted by Crippen LogP contribution is 2.22. The van der Waals surface area contributed by atoms with Gasteiger partial charge >= 0.3 is 5.97 Å². The van der Waals surface area contributed by atoms with Gasteiger partial charge in [-0.3, -0.25) is 5.43 Å². The molecule has 0 aliphatic carbocycles. The highest BCUT2D eigenvalue weighted by Gasteiger charge is 2.03. The third-order valence-corrected chi connectivity index (χ3v) is 4.42. The van der Waals surface area contributed by atoms with Crippen molar-refractivity contribution >= 4 is 41.1 Å². The molecule has 0 aliphatic rings. The molecule has 0 saturated heterocycles. The van der Waals surface area contributed by atoms with Gasteiger partial charge in [-0.1, -0.05) is 29.3 Å². The van der Waals surface area contributed by atoms with Crippen LogP contribution in [0.25, 0.3) is 0 Å². The van der Waals surface area contributed by atoms with Crippen molar-refractivity contribution in [3.8, 4) is 5.75 Å². The van der Waals surface area contributed by atoms with Gasteiger partial charge in [0.15, 0.2) is 0 Å². The topological polar surface area (TPSA) is 70.9 Å². The molecule has 0 radical (unpaired) electrons. The molecule has 28 heavy (non-hydrogen) atoms. The van der Waals surface area contributed by atoms with Crippen molar-refractivity contribution in [1.82, 2.24) is 0 Å². The van der Waals surface area contributed by atoms with Crippen LogP contribution in [-0.4, -0.2) is 17.3 Å². The first-order valence-electron chi connectivity index (χ1n) is 8.30. The molecule has 0 heterocycles. The van der Waals surface area contributed by atoms with Crippen LogP contribution in [0.1, 0.15) is 21.5 Å². The number of hydrazone groups is 1. The zero-order valence-corrected chi connectivity index (χ0v) is 16.1.